The lowest BCUT2D eigenvalue weighted by atomic mass is 10.0. The van der Waals surface area contributed by atoms with Crippen molar-refractivity contribution in [2.75, 3.05) is 13.7 Å². The molecule has 122 valence electrons. The van der Waals surface area contributed by atoms with Gasteiger partial charge >= 0.3 is 11.9 Å². The molecule has 0 atom stereocenters. The van der Waals surface area contributed by atoms with E-state index in [1.807, 2.05) is 33.8 Å². The van der Waals surface area contributed by atoms with E-state index in [9.17, 15) is 9.59 Å². The average molecular weight is 325 g/mol. The van der Waals surface area contributed by atoms with Crippen molar-refractivity contribution in [1.29, 1.82) is 0 Å². The Bertz CT molecular complexity index is 564. The van der Waals surface area contributed by atoms with Gasteiger partial charge in [-0.05, 0) is 51.0 Å². The van der Waals surface area contributed by atoms with E-state index >= 15 is 0 Å². The van der Waals surface area contributed by atoms with Crippen molar-refractivity contribution in [2.24, 2.45) is 0 Å². The molecule has 0 aliphatic carbocycles. The molecule has 1 N–H and O–H groups in total. The van der Waals surface area contributed by atoms with Crippen LogP contribution in [0.4, 0.5) is 0 Å². The molecule has 0 amide bonds. The third-order valence-corrected chi connectivity index (χ3v) is 3.33. The third-order valence-electron chi connectivity index (χ3n) is 2.86. The fourth-order valence-electron chi connectivity index (χ4n) is 1.87. The Kier molecular flexibility index (Phi) is 6.44. The number of esters is 2. The molecule has 0 saturated carbocycles. The second-order valence-corrected chi connectivity index (χ2v) is 6.45. The quantitative estimate of drug-likeness (QED) is 0.643. The minimum absolute atomic E-state index is 0.0978. The Labute approximate surface area is 136 Å². The van der Waals surface area contributed by atoms with Gasteiger partial charge in [0.05, 0.1) is 19.2 Å². The number of rotatable bonds is 5. The van der Waals surface area contributed by atoms with Crippen LogP contribution in [-0.4, -0.2) is 31.2 Å². The first-order chi connectivity index (χ1) is 10.1. The van der Waals surface area contributed by atoms with Crippen LogP contribution in [0.2, 0.25) is 0 Å². The fraction of sp³-hybridized carbons (Fsp3) is 0.500. The summed E-state index contributed by atoms with van der Waals surface area (Å²) in [6.07, 6.45) is 0. The second-order valence-electron chi connectivity index (χ2n) is 5.97. The molecule has 0 bridgehead atoms. The topological polar surface area (TPSA) is 64.6 Å². The number of benzene rings is 1. The van der Waals surface area contributed by atoms with Crippen molar-refractivity contribution in [3.63, 3.8) is 0 Å². The Hall–Kier alpha value is -1.53. The summed E-state index contributed by atoms with van der Waals surface area (Å²) in [5.41, 5.74) is 1.59. The van der Waals surface area contributed by atoms with Crippen molar-refractivity contribution < 1.29 is 19.1 Å². The highest BCUT2D eigenvalue weighted by Crippen LogP contribution is 2.21. The highest BCUT2D eigenvalue weighted by atomic mass is 32.1. The molecular formula is C16H23NO4S. The maximum absolute atomic E-state index is 11.7. The molecule has 0 radical (unpaired) electrons. The molecule has 0 heterocycles. The van der Waals surface area contributed by atoms with Gasteiger partial charge in [-0.1, -0.05) is 0 Å². The van der Waals surface area contributed by atoms with Gasteiger partial charge in [0.1, 0.15) is 5.60 Å². The molecule has 6 heteroatoms. The molecule has 0 fully saturated rings. The van der Waals surface area contributed by atoms with Crippen molar-refractivity contribution in [3.05, 3.63) is 28.8 Å². The number of nitrogens with one attached hydrogen (secondary N) is 1. The van der Waals surface area contributed by atoms with Gasteiger partial charge < -0.3 is 14.8 Å². The van der Waals surface area contributed by atoms with Gasteiger partial charge in [-0.2, -0.15) is 0 Å². The van der Waals surface area contributed by atoms with E-state index in [-0.39, 0.29) is 12.5 Å². The van der Waals surface area contributed by atoms with Crippen LogP contribution in [0, 0.1) is 6.92 Å². The second kappa shape index (κ2) is 7.65. The summed E-state index contributed by atoms with van der Waals surface area (Å²) in [6, 6.07) is 3.59. The first-order valence-corrected chi connectivity index (χ1v) is 7.42. The van der Waals surface area contributed by atoms with Crippen LogP contribution < -0.4 is 5.32 Å². The zero-order chi connectivity index (χ0) is 16.9. The first-order valence-electron chi connectivity index (χ1n) is 6.97. The predicted octanol–water partition coefficient (Wildman–Crippen LogP) is 2.50. The van der Waals surface area contributed by atoms with Gasteiger partial charge in [-0.15, -0.1) is 12.6 Å². The van der Waals surface area contributed by atoms with Gasteiger partial charge in [-0.3, -0.25) is 4.79 Å². The Morgan fingerprint density at radius 3 is 2.45 bits per heavy atom. The van der Waals surface area contributed by atoms with E-state index < -0.39 is 11.6 Å². The molecule has 1 aromatic rings. The number of carbonyl (C=O) groups excluding carboxylic acids is 2. The number of hydrogen-bond donors (Lipinski definition) is 2. The van der Waals surface area contributed by atoms with Gasteiger partial charge in [0.15, 0.2) is 0 Å². The zero-order valence-electron chi connectivity index (χ0n) is 13.6. The molecule has 0 spiro atoms. The van der Waals surface area contributed by atoms with Crippen LogP contribution in [-0.2, 0) is 20.8 Å². The predicted molar refractivity (Wildman–Crippen MR) is 87.3 cm³/mol. The van der Waals surface area contributed by atoms with Crippen molar-refractivity contribution in [1.82, 2.24) is 5.32 Å². The molecule has 0 aliphatic heterocycles. The first kappa shape index (κ1) is 18.5. The molecule has 1 aromatic carbocycles. The normalized spacial score (nSPS) is 11.2. The Morgan fingerprint density at radius 2 is 1.91 bits per heavy atom. The Morgan fingerprint density at radius 1 is 1.27 bits per heavy atom. The zero-order valence-corrected chi connectivity index (χ0v) is 14.5. The molecule has 0 aromatic heterocycles. The minimum Gasteiger partial charge on any atom is -0.465 e. The summed E-state index contributed by atoms with van der Waals surface area (Å²) in [6.45, 7) is 7.80. The summed E-state index contributed by atoms with van der Waals surface area (Å²) < 4.78 is 9.96. The van der Waals surface area contributed by atoms with Crippen LogP contribution in [0.3, 0.4) is 0 Å². The van der Waals surface area contributed by atoms with E-state index in [2.05, 4.69) is 17.9 Å². The molecule has 0 saturated heterocycles. The molecule has 0 aliphatic rings. The lowest BCUT2D eigenvalue weighted by molar-refractivity contribution is -0.153. The number of hydrogen-bond acceptors (Lipinski definition) is 6. The maximum Gasteiger partial charge on any atom is 0.338 e. The monoisotopic (exact) mass is 325 g/mol. The number of ether oxygens (including phenoxy) is 2. The van der Waals surface area contributed by atoms with Gasteiger partial charge in [0.25, 0.3) is 0 Å². The molecule has 5 nitrogen and oxygen atoms in total. The summed E-state index contributed by atoms with van der Waals surface area (Å²) >= 11 is 4.36. The van der Waals surface area contributed by atoms with Crippen LogP contribution in [0.15, 0.2) is 17.0 Å². The largest absolute Gasteiger partial charge is 0.465 e. The van der Waals surface area contributed by atoms with E-state index in [0.717, 1.165) is 11.1 Å². The standard InChI is InChI=1S/C16H23NO4S/c1-10-12(15(19)20-5)6-11(7-13(10)22)8-17-9-14(18)21-16(2,3)4/h6-7,17,22H,8-9H2,1-5H3. The highest BCUT2D eigenvalue weighted by molar-refractivity contribution is 7.80. The smallest absolute Gasteiger partial charge is 0.338 e. The van der Waals surface area contributed by atoms with Crippen LogP contribution in [0.5, 0.6) is 0 Å². The third kappa shape index (κ3) is 5.69. The van der Waals surface area contributed by atoms with Crippen molar-refractivity contribution in [3.8, 4) is 0 Å². The summed E-state index contributed by atoms with van der Waals surface area (Å²) in [5.74, 6) is -0.722. The summed E-state index contributed by atoms with van der Waals surface area (Å²) in [5, 5.41) is 2.99. The highest BCUT2D eigenvalue weighted by Gasteiger charge is 2.16. The van der Waals surface area contributed by atoms with Gasteiger partial charge in [0, 0.05) is 11.4 Å². The van der Waals surface area contributed by atoms with Gasteiger partial charge in [0.2, 0.25) is 0 Å². The lowest BCUT2D eigenvalue weighted by Crippen LogP contribution is -2.31. The SMILES string of the molecule is COC(=O)c1cc(CNCC(=O)OC(C)(C)C)cc(S)c1C. The Balaban J connectivity index is 2.69. The average Bonchev–Trinajstić information content (AvgIpc) is 2.39. The van der Waals surface area contributed by atoms with E-state index in [4.69, 9.17) is 9.47 Å². The molecular weight excluding hydrogens is 302 g/mol. The number of methoxy groups -OCH3 is 1. The van der Waals surface area contributed by atoms with Crippen LogP contribution in [0.25, 0.3) is 0 Å². The maximum atomic E-state index is 11.7. The van der Waals surface area contributed by atoms with Gasteiger partial charge in [-0.25, -0.2) is 4.79 Å². The minimum atomic E-state index is -0.501. The molecule has 22 heavy (non-hydrogen) atoms. The van der Waals surface area contributed by atoms with E-state index in [1.165, 1.54) is 7.11 Å². The van der Waals surface area contributed by atoms with Crippen molar-refractivity contribution in [2.45, 2.75) is 44.7 Å². The molecule has 1 rings (SSSR count). The van der Waals surface area contributed by atoms with E-state index in [0.29, 0.717) is 17.0 Å². The molecule has 0 unspecified atom stereocenters. The number of carbonyl (C=O) groups is 2. The lowest BCUT2D eigenvalue weighted by Gasteiger charge is -2.19. The number of thiol groups is 1. The van der Waals surface area contributed by atoms with Crippen LogP contribution in [0.1, 0.15) is 42.3 Å². The van der Waals surface area contributed by atoms with E-state index in [1.54, 1.807) is 6.07 Å². The summed E-state index contributed by atoms with van der Waals surface area (Å²) in [7, 11) is 1.34. The summed E-state index contributed by atoms with van der Waals surface area (Å²) in [4.78, 5) is 24.0. The van der Waals surface area contributed by atoms with Crippen LogP contribution >= 0.6 is 12.6 Å². The van der Waals surface area contributed by atoms with Crippen molar-refractivity contribution >= 4 is 24.6 Å². The fourth-order valence-corrected chi connectivity index (χ4v) is 2.15.